The number of rotatable bonds is 5. The van der Waals surface area contributed by atoms with Gasteiger partial charge in [-0.3, -0.25) is 14.2 Å². The highest BCUT2D eigenvalue weighted by Gasteiger charge is 2.36. The number of aryl methyl sites for hydroxylation is 1. The molecule has 13 heteroatoms. The van der Waals surface area contributed by atoms with Gasteiger partial charge in [-0.05, 0) is 56.0 Å². The molecule has 0 fully saturated rings. The van der Waals surface area contributed by atoms with E-state index in [9.17, 15) is 22.8 Å². The lowest BCUT2D eigenvalue weighted by Crippen LogP contribution is -2.46. The Bertz CT molecular complexity index is 1960. The van der Waals surface area contributed by atoms with E-state index in [1.807, 2.05) is 24.3 Å². The molecule has 2 aromatic carbocycles. The number of carbonyl (C=O) groups excluding carboxylic acids is 1. The predicted molar refractivity (Wildman–Crippen MR) is 162 cm³/mol. The molecule has 1 atom stereocenters. The van der Waals surface area contributed by atoms with E-state index in [0.29, 0.717) is 29.0 Å². The minimum Gasteiger partial charge on any atom is -0.330 e. The Hall–Kier alpha value is -4.26. The highest BCUT2D eigenvalue weighted by Crippen LogP contribution is 2.36. The molecule has 0 N–H and O–H groups in total. The van der Waals surface area contributed by atoms with E-state index in [0.717, 1.165) is 22.9 Å². The molecule has 44 heavy (non-hydrogen) atoms. The molecule has 5 aromatic rings. The van der Waals surface area contributed by atoms with Gasteiger partial charge in [-0.25, -0.2) is 9.20 Å². The number of aromatic nitrogens is 6. The maximum atomic E-state index is 14.3. The number of halogens is 4. The fraction of sp³-hybridized carbons (Fsp3) is 0.323. The molecule has 1 aliphatic rings. The quantitative estimate of drug-likeness (QED) is 0.235. The second-order valence-electron chi connectivity index (χ2n) is 11.5. The Balaban J connectivity index is 1.46. The second kappa shape index (κ2) is 11.0. The Morgan fingerprint density at radius 1 is 1.11 bits per heavy atom. The Labute approximate surface area is 259 Å². The summed E-state index contributed by atoms with van der Waals surface area (Å²) in [4.78, 5) is 29.4. The van der Waals surface area contributed by atoms with E-state index < -0.39 is 23.7 Å². The van der Waals surface area contributed by atoms with Crippen LogP contribution in [0.3, 0.4) is 0 Å². The number of hydrogen-bond donors (Lipinski definition) is 0. The zero-order valence-corrected chi connectivity index (χ0v) is 26.0. The molecule has 0 spiro atoms. The van der Waals surface area contributed by atoms with Crippen LogP contribution in [0.1, 0.15) is 53.5 Å². The highest BCUT2D eigenvalue weighted by atomic mass is 79.9. The van der Waals surface area contributed by atoms with Gasteiger partial charge in [0.25, 0.3) is 11.5 Å². The summed E-state index contributed by atoms with van der Waals surface area (Å²) in [6, 6.07) is 10.6. The van der Waals surface area contributed by atoms with E-state index in [2.05, 4.69) is 45.2 Å². The molecule has 6 rings (SSSR count). The molecule has 1 aliphatic heterocycles. The fourth-order valence-corrected chi connectivity index (χ4v) is 6.32. The van der Waals surface area contributed by atoms with Gasteiger partial charge in [0.2, 0.25) is 0 Å². The van der Waals surface area contributed by atoms with Crippen LogP contribution in [0.5, 0.6) is 0 Å². The maximum Gasteiger partial charge on any atom is 0.417 e. The van der Waals surface area contributed by atoms with Crippen molar-refractivity contribution < 1.29 is 18.0 Å². The molecule has 1 amide bonds. The monoisotopic (exact) mass is 667 g/mol. The third-order valence-electron chi connectivity index (χ3n) is 7.99. The van der Waals surface area contributed by atoms with Gasteiger partial charge in [0.15, 0.2) is 0 Å². The summed E-state index contributed by atoms with van der Waals surface area (Å²) in [5.41, 5.74) is 3.71. The number of nitrogens with zero attached hydrogens (tertiary/aromatic N) is 7. The molecule has 0 saturated heterocycles. The first kappa shape index (κ1) is 29.8. The van der Waals surface area contributed by atoms with Crippen LogP contribution in [0.2, 0.25) is 0 Å². The Kier molecular flexibility index (Phi) is 7.47. The molecule has 0 saturated carbocycles. The van der Waals surface area contributed by atoms with Crippen molar-refractivity contribution in [2.24, 2.45) is 13.0 Å². The van der Waals surface area contributed by atoms with Gasteiger partial charge in [-0.2, -0.15) is 18.3 Å². The molecule has 0 radical (unpaired) electrons. The van der Waals surface area contributed by atoms with E-state index in [4.69, 9.17) is 0 Å². The van der Waals surface area contributed by atoms with Gasteiger partial charge >= 0.3 is 6.18 Å². The molecule has 4 heterocycles. The fourth-order valence-electron chi connectivity index (χ4n) is 5.85. The lowest BCUT2D eigenvalue weighted by atomic mass is 9.97. The van der Waals surface area contributed by atoms with Gasteiger partial charge in [-0.15, -0.1) is 5.10 Å². The largest absolute Gasteiger partial charge is 0.417 e. The average molecular weight is 669 g/mol. The van der Waals surface area contributed by atoms with Crippen LogP contribution < -0.4 is 5.56 Å². The first-order chi connectivity index (χ1) is 20.8. The summed E-state index contributed by atoms with van der Waals surface area (Å²) >= 11 is 2.94. The normalized spacial score (nSPS) is 15.3. The third kappa shape index (κ3) is 5.12. The van der Waals surface area contributed by atoms with Crippen molar-refractivity contribution in [3.8, 4) is 16.9 Å². The van der Waals surface area contributed by atoms with Crippen molar-refractivity contribution in [1.82, 2.24) is 34.1 Å². The number of alkyl halides is 3. The van der Waals surface area contributed by atoms with Crippen molar-refractivity contribution >= 4 is 27.5 Å². The van der Waals surface area contributed by atoms with Gasteiger partial charge in [0.1, 0.15) is 5.65 Å². The van der Waals surface area contributed by atoms with Crippen molar-refractivity contribution in [2.75, 3.05) is 0 Å². The topological polar surface area (TPSA) is 90.3 Å². The molecule has 0 unspecified atom stereocenters. The van der Waals surface area contributed by atoms with Gasteiger partial charge in [0.05, 0.1) is 41.6 Å². The summed E-state index contributed by atoms with van der Waals surface area (Å²) in [6.07, 6.45) is -0.325. The summed E-state index contributed by atoms with van der Waals surface area (Å²) in [7, 11) is 1.80. The van der Waals surface area contributed by atoms with E-state index >= 15 is 0 Å². The smallest absolute Gasteiger partial charge is 0.330 e. The summed E-state index contributed by atoms with van der Waals surface area (Å²) in [5, 5.41) is 12.6. The van der Waals surface area contributed by atoms with Crippen LogP contribution >= 0.6 is 15.9 Å². The number of hydrogen-bond acceptors (Lipinski definition) is 5. The lowest BCUT2D eigenvalue weighted by Gasteiger charge is -2.35. The van der Waals surface area contributed by atoms with Crippen LogP contribution in [0.15, 0.2) is 64.1 Å². The highest BCUT2D eigenvalue weighted by molar-refractivity contribution is 9.10. The van der Waals surface area contributed by atoms with Crippen LogP contribution in [0.4, 0.5) is 13.2 Å². The summed E-state index contributed by atoms with van der Waals surface area (Å²) in [5.74, 6) is -0.270. The second-order valence-corrected chi connectivity index (χ2v) is 12.4. The first-order valence-electron chi connectivity index (χ1n) is 14.1. The van der Waals surface area contributed by atoms with Crippen LogP contribution in [-0.2, 0) is 32.6 Å². The van der Waals surface area contributed by atoms with Crippen LogP contribution in [-0.4, -0.2) is 46.0 Å². The minimum atomic E-state index is -4.62. The molecular weight excluding hydrogens is 639 g/mol. The molecule has 0 aliphatic carbocycles. The lowest BCUT2D eigenvalue weighted by molar-refractivity contribution is -0.138. The van der Waals surface area contributed by atoms with Gasteiger partial charge in [-0.1, -0.05) is 47.1 Å². The number of amides is 1. The van der Waals surface area contributed by atoms with Crippen LogP contribution in [0, 0.1) is 5.92 Å². The maximum absolute atomic E-state index is 14.3. The first-order valence-corrected chi connectivity index (χ1v) is 14.9. The third-order valence-corrected chi connectivity index (χ3v) is 8.68. The number of fused-ring (bicyclic) bond motifs is 3. The summed E-state index contributed by atoms with van der Waals surface area (Å²) < 4.78 is 45.7. The molecule has 3 aromatic heterocycles. The van der Waals surface area contributed by atoms with Crippen molar-refractivity contribution in [1.29, 1.82) is 0 Å². The molecule has 0 bridgehead atoms. The number of carbonyl (C=O) groups is 1. The van der Waals surface area contributed by atoms with Crippen molar-refractivity contribution in [2.45, 2.75) is 52.4 Å². The van der Waals surface area contributed by atoms with E-state index in [1.165, 1.54) is 17.0 Å². The zero-order valence-electron chi connectivity index (χ0n) is 24.4. The standard InChI is InChI=1S/C31H29BrF3N7O2/c1-17(2)11-21-14-37-42-27-16-40(29(43)20-7-10-25(32)24(13-20)31(33,34)35)18(3)12-23(27)30(44)41(28(21)42)22-8-5-19(6-9-22)26-15-36-38-39(26)4/h5-10,13-15,17-18H,11-12,16H2,1-4H3/t18-/m1/s1. The molecule has 9 nitrogen and oxygen atoms in total. The van der Waals surface area contributed by atoms with Crippen LogP contribution in [0.25, 0.3) is 22.6 Å². The Morgan fingerprint density at radius 3 is 2.48 bits per heavy atom. The predicted octanol–water partition coefficient (Wildman–Crippen LogP) is 5.85. The summed E-state index contributed by atoms with van der Waals surface area (Å²) in [6.45, 7) is 5.98. The van der Waals surface area contributed by atoms with Crippen molar-refractivity contribution in [3.63, 3.8) is 0 Å². The number of benzene rings is 2. The SMILES string of the molecule is CC(C)Cc1cnn2c3c(c(=O)n(-c4ccc(-c5cnnn5C)cc4)c12)C[C@@H](C)N(C(=O)c1ccc(Br)c(C(F)(F)F)c1)C3. The minimum absolute atomic E-state index is 0.0224. The van der Waals surface area contributed by atoms with Gasteiger partial charge in [0, 0.05) is 39.8 Å². The van der Waals surface area contributed by atoms with E-state index in [-0.39, 0.29) is 34.5 Å². The molecular formula is C31H29BrF3N7O2. The zero-order chi connectivity index (χ0) is 31.5. The average Bonchev–Trinajstić information content (AvgIpc) is 3.58. The van der Waals surface area contributed by atoms with E-state index in [1.54, 1.807) is 40.1 Å². The van der Waals surface area contributed by atoms with Gasteiger partial charge < -0.3 is 4.90 Å². The Morgan fingerprint density at radius 2 is 1.84 bits per heavy atom. The molecule has 228 valence electrons. The van der Waals surface area contributed by atoms with Crippen molar-refractivity contribution in [3.05, 3.63) is 97.6 Å².